The van der Waals surface area contributed by atoms with Crippen molar-refractivity contribution >= 4 is 51.0 Å². The standard InChI is InChI=1S/C27H19Cl2NO3/c1-33-27(32)21-6-3-7-22-25(21)26-23(30(22)15-16-4-2-5-20(29)12-16)13-18(14-24(26)31)17-8-10-19(28)11-9-17/h2-14,31H,15H2,1H3. The number of carbonyl (C=O) groups excluding carboxylic acids is 1. The van der Waals surface area contributed by atoms with Gasteiger partial charge >= 0.3 is 5.97 Å². The minimum absolute atomic E-state index is 0.0867. The van der Waals surface area contributed by atoms with Crippen LogP contribution < -0.4 is 0 Å². The second-order valence-corrected chi connectivity index (χ2v) is 8.68. The number of aromatic hydroxyl groups is 1. The molecule has 4 aromatic carbocycles. The molecule has 0 amide bonds. The molecule has 0 aliphatic heterocycles. The van der Waals surface area contributed by atoms with Crippen molar-refractivity contribution in [1.82, 2.24) is 4.57 Å². The molecule has 4 nitrogen and oxygen atoms in total. The highest BCUT2D eigenvalue weighted by Gasteiger charge is 2.21. The summed E-state index contributed by atoms with van der Waals surface area (Å²) in [5.74, 6) is -0.368. The molecule has 1 aromatic heterocycles. The Labute approximate surface area is 200 Å². The van der Waals surface area contributed by atoms with E-state index in [1.807, 2.05) is 66.7 Å². The largest absolute Gasteiger partial charge is 0.507 e. The highest BCUT2D eigenvalue weighted by atomic mass is 35.5. The maximum atomic E-state index is 12.6. The molecule has 1 heterocycles. The molecule has 0 fully saturated rings. The van der Waals surface area contributed by atoms with Crippen molar-refractivity contribution < 1.29 is 14.6 Å². The monoisotopic (exact) mass is 475 g/mol. The molecule has 6 heteroatoms. The molecular weight excluding hydrogens is 457 g/mol. The zero-order chi connectivity index (χ0) is 23.1. The van der Waals surface area contributed by atoms with E-state index in [0.29, 0.717) is 32.9 Å². The summed E-state index contributed by atoms with van der Waals surface area (Å²) >= 11 is 12.3. The van der Waals surface area contributed by atoms with Gasteiger partial charge in [-0.1, -0.05) is 53.5 Å². The maximum absolute atomic E-state index is 12.6. The van der Waals surface area contributed by atoms with Gasteiger partial charge in [-0.25, -0.2) is 4.79 Å². The normalized spacial score (nSPS) is 11.2. The Kier molecular flexibility index (Phi) is 5.49. The van der Waals surface area contributed by atoms with Crippen LogP contribution in [0.1, 0.15) is 15.9 Å². The van der Waals surface area contributed by atoms with Gasteiger partial charge in [-0.3, -0.25) is 0 Å². The van der Waals surface area contributed by atoms with Gasteiger partial charge in [-0.2, -0.15) is 0 Å². The Hall–Kier alpha value is -3.47. The first-order chi connectivity index (χ1) is 16.0. The number of esters is 1. The van der Waals surface area contributed by atoms with E-state index in [1.165, 1.54) is 7.11 Å². The van der Waals surface area contributed by atoms with Gasteiger partial charge in [0.25, 0.3) is 0 Å². The van der Waals surface area contributed by atoms with Gasteiger partial charge in [-0.05, 0) is 65.2 Å². The van der Waals surface area contributed by atoms with Crippen molar-refractivity contribution in [3.05, 3.63) is 100 Å². The Morgan fingerprint density at radius 3 is 2.33 bits per heavy atom. The summed E-state index contributed by atoms with van der Waals surface area (Å²) in [5, 5.41) is 13.7. The Morgan fingerprint density at radius 2 is 1.61 bits per heavy atom. The summed E-state index contributed by atoms with van der Waals surface area (Å²) in [6, 6.07) is 24.3. The summed E-state index contributed by atoms with van der Waals surface area (Å²) in [6.45, 7) is 0.509. The smallest absolute Gasteiger partial charge is 0.338 e. The maximum Gasteiger partial charge on any atom is 0.338 e. The fourth-order valence-electron chi connectivity index (χ4n) is 4.32. The van der Waals surface area contributed by atoms with Crippen LogP contribution in [0.4, 0.5) is 0 Å². The molecule has 5 rings (SSSR count). The van der Waals surface area contributed by atoms with Crippen molar-refractivity contribution in [2.24, 2.45) is 0 Å². The highest BCUT2D eigenvalue weighted by Crippen LogP contribution is 2.41. The van der Waals surface area contributed by atoms with Crippen LogP contribution in [0.15, 0.2) is 78.9 Å². The number of ether oxygens (including phenoxy) is 1. The van der Waals surface area contributed by atoms with Crippen molar-refractivity contribution in [2.45, 2.75) is 6.54 Å². The molecule has 1 N–H and O–H groups in total. The lowest BCUT2D eigenvalue weighted by Gasteiger charge is -2.10. The molecule has 0 aliphatic rings. The van der Waals surface area contributed by atoms with Gasteiger partial charge in [-0.15, -0.1) is 0 Å². The topological polar surface area (TPSA) is 51.5 Å². The molecule has 33 heavy (non-hydrogen) atoms. The third-order valence-corrected chi connectivity index (χ3v) is 6.27. The van der Waals surface area contributed by atoms with E-state index < -0.39 is 5.97 Å². The van der Waals surface area contributed by atoms with Gasteiger partial charge in [0.15, 0.2) is 0 Å². The number of methoxy groups -OCH3 is 1. The number of hydrogen-bond acceptors (Lipinski definition) is 3. The number of phenolic OH excluding ortho intramolecular Hbond substituents is 1. The van der Waals surface area contributed by atoms with Crippen LogP contribution in [0, 0.1) is 0 Å². The number of phenols is 1. The summed E-state index contributed by atoms with van der Waals surface area (Å²) in [4.78, 5) is 12.6. The SMILES string of the molecule is COC(=O)c1cccc2c1c1c(O)cc(-c3ccc(Cl)cc3)cc1n2Cc1cccc(Cl)c1. The quantitative estimate of drug-likeness (QED) is 0.277. The number of carbonyl (C=O) groups is 1. The van der Waals surface area contributed by atoms with E-state index in [-0.39, 0.29) is 5.75 Å². The van der Waals surface area contributed by atoms with E-state index >= 15 is 0 Å². The molecule has 0 unspecified atom stereocenters. The van der Waals surface area contributed by atoms with E-state index in [0.717, 1.165) is 27.7 Å². The van der Waals surface area contributed by atoms with Gasteiger partial charge in [0.1, 0.15) is 5.75 Å². The molecule has 0 atom stereocenters. The first-order valence-electron chi connectivity index (χ1n) is 10.3. The lowest BCUT2D eigenvalue weighted by molar-refractivity contribution is 0.0603. The first kappa shape index (κ1) is 21.4. The van der Waals surface area contributed by atoms with Crippen LogP contribution in [0.2, 0.25) is 10.0 Å². The Morgan fingerprint density at radius 1 is 0.848 bits per heavy atom. The Balaban J connectivity index is 1.84. The molecule has 0 spiro atoms. The van der Waals surface area contributed by atoms with Gasteiger partial charge in [0.05, 0.1) is 29.1 Å². The van der Waals surface area contributed by atoms with Crippen LogP contribution in [-0.2, 0) is 11.3 Å². The van der Waals surface area contributed by atoms with E-state index in [4.69, 9.17) is 27.9 Å². The number of nitrogens with zero attached hydrogens (tertiary/aromatic N) is 1. The Bertz CT molecular complexity index is 1520. The third kappa shape index (κ3) is 3.82. The summed E-state index contributed by atoms with van der Waals surface area (Å²) in [5.41, 5.74) is 4.78. The number of rotatable bonds is 4. The van der Waals surface area contributed by atoms with Gasteiger partial charge in [0, 0.05) is 22.0 Å². The van der Waals surface area contributed by atoms with Gasteiger partial charge < -0.3 is 14.4 Å². The lowest BCUT2D eigenvalue weighted by Crippen LogP contribution is -2.02. The number of fused-ring (bicyclic) bond motifs is 3. The predicted molar refractivity (Wildman–Crippen MR) is 133 cm³/mol. The zero-order valence-electron chi connectivity index (χ0n) is 17.7. The second-order valence-electron chi connectivity index (χ2n) is 7.80. The summed E-state index contributed by atoms with van der Waals surface area (Å²) in [6.07, 6.45) is 0. The molecule has 0 radical (unpaired) electrons. The van der Waals surface area contributed by atoms with E-state index in [2.05, 4.69) is 4.57 Å². The van der Waals surface area contributed by atoms with Crippen LogP contribution in [0.3, 0.4) is 0 Å². The van der Waals surface area contributed by atoms with Gasteiger partial charge in [0.2, 0.25) is 0 Å². The minimum Gasteiger partial charge on any atom is -0.507 e. The summed E-state index contributed by atoms with van der Waals surface area (Å²) < 4.78 is 7.11. The number of benzene rings is 4. The average molecular weight is 476 g/mol. The summed E-state index contributed by atoms with van der Waals surface area (Å²) in [7, 11) is 1.35. The van der Waals surface area contributed by atoms with Crippen LogP contribution >= 0.6 is 23.2 Å². The average Bonchev–Trinajstić information content (AvgIpc) is 3.13. The van der Waals surface area contributed by atoms with Crippen LogP contribution in [0.5, 0.6) is 5.75 Å². The minimum atomic E-state index is -0.455. The second kappa shape index (κ2) is 8.47. The molecule has 5 aromatic rings. The molecule has 0 saturated carbocycles. The fraction of sp³-hybridized carbons (Fsp3) is 0.0741. The first-order valence-corrected chi connectivity index (χ1v) is 11.1. The van der Waals surface area contributed by atoms with E-state index in [9.17, 15) is 9.90 Å². The number of aromatic nitrogens is 1. The third-order valence-electron chi connectivity index (χ3n) is 5.78. The fourth-order valence-corrected chi connectivity index (χ4v) is 4.65. The van der Waals surface area contributed by atoms with Crippen molar-refractivity contribution in [2.75, 3.05) is 7.11 Å². The van der Waals surface area contributed by atoms with Crippen LogP contribution in [0.25, 0.3) is 32.9 Å². The van der Waals surface area contributed by atoms with Crippen molar-refractivity contribution in [1.29, 1.82) is 0 Å². The molecule has 0 saturated heterocycles. The number of hydrogen-bond donors (Lipinski definition) is 1. The molecule has 0 aliphatic carbocycles. The molecular formula is C27H19Cl2NO3. The lowest BCUT2D eigenvalue weighted by atomic mass is 10.0. The van der Waals surface area contributed by atoms with Crippen molar-refractivity contribution in [3.8, 4) is 16.9 Å². The van der Waals surface area contributed by atoms with Crippen LogP contribution in [-0.4, -0.2) is 22.8 Å². The molecule has 164 valence electrons. The zero-order valence-corrected chi connectivity index (χ0v) is 19.2. The molecule has 0 bridgehead atoms. The predicted octanol–water partition coefficient (Wildman–Crippen LogP) is 7.31. The van der Waals surface area contributed by atoms with Crippen molar-refractivity contribution in [3.63, 3.8) is 0 Å². The van der Waals surface area contributed by atoms with E-state index in [1.54, 1.807) is 12.1 Å². The highest BCUT2D eigenvalue weighted by molar-refractivity contribution is 6.31. The number of halogens is 2.